The molecule has 0 aliphatic heterocycles. The van der Waals surface area contributed by atoms with Crippen molar-refractivity contribution in [3.05, 3.63) is 46.9 Å². The molecule has 24 heavy (non-hydrogen) atoms. The maximum Gasteiger partial charge on any atom is 0.225 e. The molecular weight excluding hydrogens is 356 g/mol. The first-order valence-electron chi connectivity index (χ1n) is 6.60. The van der Waals surface area contributed by atoms with Crippen molar-refractivity contribution in [3.8, 4) is 0 Å². The Labute approximate surface area is 141 Å². The van der Waals surface area contributed by atoms with Crippen molar-refractivity contribution >= 4 is 31.5 Å². The number of carbonyl (C=O) groups excluding carboxylic acids is 2. The van der Waals surface area contributed by atoms with Gasteiger partial charge in [0.2, 0.25) is 11.8 Å². The van der Waals surface area contributed by atoms with Crippen LogP contribution in [0.4, 0.5) is 0 Å². The largest absolute Gasteiger partial charge is 0.354 e. The van der Waals surface area contributed by atoms with Gasteiger partial charge in [0.25, 0.3) is 0 Å². The summed E-state index contributed by atoms with van der Waals surface area (Å²) in [5, 5.41) is 6.18. The number of nitrogens with one attached hydrogen (secondary N) is 2. The zero-order valence-electron chi connectivity index (χ0n) is 13.1. The molecule has 0 saturated heterocycles. The summed E-state index contributed by atoms with van der Waals surface area (Å²) in [5.74, 6) is -1.17. The second kappa shape index (κ2) is 9.18. The third kappa shape index (κ3) is 7.38. The zero-order chi connectivity index (χ0) is 19.0. The summed E-state index contributed by atoms with van der Waals surface area (Å²) >= 11 is 0. The van der Waals surface area contributed by atoms with Crippen molar-refractivity contribution in [2.75, 3.05) is 13.1 Å². The standard InChI is InChI=1S/C14H20N2O6S2/c1-5-23(19,20)11(3)9-13(17)15-7-8-16-14(18)10-12(4)24(21,22)6-2/h5-6H,1-4,7-10H2,(H,15,17)(H,16,18). The molecule has 0 fully saturated rings. The Hall–Kier alpha value is -2.20. The highest BCUT2D eigenvalue weighted by Crippen LogP contribution is 2.10. The van der Waals surface area contributed by atoms with Crippen molar-refractivity contribution in [2.24, 2.45) is 0 Å². The smallest absolute Gasteiger partial charge is 0.225 e. The van der Waals surface area contributed by atoms with Gasteiger partial charge in [0.05, 0.1) is 22.7 Å². The lowest BCUT2D eigenvalue weighted by molar-refractivity contribution is -0.122. The summed E-state index contributed by atoms with van der Waals surface area (Å²) in [4.78, 5) is 22.5. The van der Waals surface area contributed by atoms with Crippen LogP contribution in [0.3, 0.4) is 0 Å². The van der Waals surface area contributed by atoms with Gasteiger partial charge in [-0.05, 0) is 0 Å². The molecule has 0 rings (SSSR count). The minimum absolute atomic E-state index is 0.0344. The fourth-order valence-electron chi connectivity index (χ4n) is 1.32. The molecule has 8 nitrogen and oxygen atoms in total. The lowest BCUT2D eigenvalue weighted by Crippen LogP contribution is -2.35. The first-order chi connectivity index (χ1) is 11.0. The average Bonchev–Trinajstić information content (AvgIpc) is 2.51. The molecule has 0 aromatic carbocycles. The van der Waals surface area contributed by atoms with Gasteiger partial charge < -0.3 is 10.6 Å². The van der Waals surface area contributed by atoms with Crippen molar-refractivity contribution in [1.82, 2.24) is 10.6 Å². The molecule has 10 heteroatoms. The van der Waals surface area contributed by atoms with Gasteiger partial charge in [0.15, 0.2) is 19.7 Å². The Morgan fingerprint density at radius 1 is 0.750 bits per heavy atom. The highest BCUT2D eigenvalue weighted by atomic mass is 32.2. The highest BCUT2D eigenvalue weighted by molar-refractivity contribution is 7.98. The van der Waals surface area contributed by atoms with E-state index in [-0.39, 0.29) is 22.9 Å². The molecule has 134 valence electrons. The van der Waals surface area contributed by atoms with E-state index >= 15 is 0 Å². The van der Waals surface area contributed by atoms with Crippen molar-refractivity contribution < 1.29 is 26.4 Å². The van der Waals surface area contributed by atoms with Crippen LogP contribution in [0.2, 0.25) is 0 Å². The number of hydrogen-bond donors (Lipinski definition) is 2. The third-order valence-corrected chi connectivity index (χ3v) is 5.50. The van der Waals surface area contributed by atoms with Crippen molar-refractivity contribution in [1.29, 1.82) is 0 Å². The van der Waals surface area contributed by atoms with Gasteiger partial charge in [-0.15, -0.1) is 0 Å². The van der Waals surface area contributed by atoms with E-state index in [0.29, 0.717) is 10.8 Å². The van der Waals surface area contributed by atoms with Crippen LogP contribution in [0.1, 0.15) is 12.8 Å². The second-order valence-electron chi connectivity index (χ2n) is 4.55. The van der Waals surface area contributed by atoms with Crippen LogP contribution >= 0.6 is 0 Å². The summed E-state index contributed by atoms with van der Waals surface area (Å²) in [5.41, 5.74) is 0. The number of carbonyl (C=O) groups is 2. The molecule has 0 saturated carbocycles. The number of hydrogen-bond acceptors (Lipinski definition) is 6. The SMILES string of the molecule is C=CS(=O)(=O)C(=C)CC(=O)NCCNC(=O)CC(=C)S(=O)(=O)C=C. The molecular formula is C14H20N2O6S2. The van der Waals surface area contributed by atoms with Crippen LogP contribution in [0, 0.1) is 0 Å². The second-order valence-corrected chi connectivity index (χ2v) is 8.56. The molecule has 2 amide bonds. The number of sulfone groups is 2. The van der Waals surface area contributed by atoms with E-state index < -0.39 is 44.3 Å². The van der Waals surface area contributed by atoms with E-state index in [1.165, 1.54) is 0 Å². The third-order valence-electron chi connectivity index (χ3n) is 2.73. The molecule has 0 spiro atoms. The quantitative estimate of drug-likeness (QED) is 0.494. The maximum atomic E-state index is 11.5. The Morgan fingerprint density at radius 2 is 1.04 bits per heavy atom. The Kier molecular flexibility index (Phi) is 8.34. The monoisotopic (exact) mass is 376 g/mol. The molecule has 0 atom stereocenters. The van der Waals surface area contributed by atoms with Gasteiger partial charge in [-0.1, -0.05) is 26.3 Å². The fourth-order valence-corrected chi connectivity index (χ4v) is 2.46. The summed E-state index contributed by atoms with van der Waals surface area (Å²) in [6, 6.07) is 0. The van der Waals surface area contributed by atoms with E-state index in [1.54, 1.807) is 0 Å². The topological polar surface area (TPSA) is 126 Å². The van der Waals surface area contributed by atoms with E-state index in [2.05, 4.69) is 36.9 Å². The molecule has 0 aromatic rings. The van der Waals surface area contributed by atoms with Gasteiger partial charge >= 0.3 is 0 Å². The van der Waals surface area contributed by atoms with Gasteiger partial charge in [0.1, 0.15) is 0 Å². The molecule has 2 N–H and O–H groups in total. The van der Waals surface area contributed by atoms with Crippen LogP contribution in [-0.2, 0) is 29.3 Å². The van der Waals surface area contributed by atoms with E-state index in [9.17, 15) is 26.4 Å². The zero-order valence-corrected chi connectivity index (χ0v) is 14.7. The normalized spacial score (nSPS) is 11.2. The average molecular weight is 376 g/mol. The number of amides is 2. The summed E-state index contributed by atoms with van der Waals surface area (Å²) in [7, 11) is -7.41. The first-order valence-corrected chi connectivity index (χ1v) is 9.69. The lowest BCUT2D eigenvalue weighted by atomic mass is 10.3. The van der Waals surface area contributed by atoms with Gasteiger partial charge in [-0.25, -0.2) is 16.8 Å². The molecule has 0 unspecified atom stereocenters. The maximum absolute atomic E-state index is 11.5. The van der Waals surface area contributed by atoms with E-state index in [0.717, 1.165) is 0 Å². The molecule has 0 radical (unpaired) electrons. The molecule has 0 bridgehead atoms. The van der Waals surface area contributed by atoms with Crippen LogP contribution < -0.4 is 10.6 Å². The van der Waals surface area contributed by atoms with Crippen LogP contribution in [-0.4, -0.2) is 41.7 Å². The molecule has 0 aliphatic carbocycles. The van der Waals surface area contributed by atoms with Gasteiger partial charge in [0, 0.05) is 23.9 Å². The predicted molar refractivity (Wildman–Crippen MR) is 91.8 cm³/mol. The molecule has 0 aliphatic rings. The summed E-state index contributed by atoms with van der Waals surface area (Å²) < 4.78 is 45.4. The first kappa shape index (κ1) is 21.8. The van der Waals surface area contributed by atoms with Crippen LogP contribution in [0.15, 0.2) is 46.9 Å². The summed E-state index contributed by atoms with van der Waals surface area (Å²) in [6.45, 7) is 12.9. The van der Waals surface area contributed by atoms with Crippen molar-refractivity contribution in [2.45, 2.75) is 12.8 Å². The van der Waals surface area contributed by atoms with Crippen molar-refractivity contribution in [3.63, 3.8) is 0 Å². The molecule has 0 heterocycles. The Balaban J connectivity index is 4.18. The summed E-state index contributed by atoms with van der Waals surface area (Å²) in [6.07, 6.45) is -0.840. The minimum Gasteiger partial charge on any atom is -0.354 e. The Bertz CT molecular complexity index is 697. The molecule has 0 aromatic heterocycles. The van der Waals surface area contributed by atoms with E-state index in [1.807, 2.05) is 0 Å². The predicted octanol–water partition coefficient (Wildman–Crippen LogP) is 0.143. The number of rotatable bonds is 11. The van der Waals surface area contributed by atoms with E-state index in [4.69, 9.17) is 0 Å². The lowest BCUT2D eigenvalue weighted by Gasteiger charge is -2.08. The van der Waals surface area contributed by atoms with Gasteiger partial charge in [-0.2, -0.15) is 0 Å². The minimum atomic E-state index is -3.70. The van der Waals surface area contributed by atoms with Gasteiger partial charge in [-0.3, -0.25) is 9.59 Å². The highest BCUT2D eigenvalue weighted by Gasteiger charge is 2.16. The van der Waals surface area contributed by atoms with Crippen LogP contribution in [0.5, 0.6) is 0 Å². The fraction of sp³-hybridized carbons (Fsp3) is 0.286. The van der Waals surface area contributed by atoms with Crippen LogP contribution in [0.25, 0.3) is 0 Å². The Morgan fingerprint density at radius 3 is 1.29 bits per heavy atom.